The summed E-state index contributed by atoms with van der Waals surface area (Å²) in [5.74, 6) is 0.576. The van der Waals surface area contributed by atoms with Crippen molar-refractivity contribution in [2.24, 2.45) is 0 Å². The molecule has 0 spiro atoms. The van der Waals surface area contributed by atoms with Crippen molar-refractivity contribution < 1.29 is 17.9 Å². The number of nitrogens with zero attached hydrogens (tertiary/aromatic N) is 2. The molecule has 1 unspecified atom stereocenters. The van der Waals surface area contributed by atoms with E-state index in [9.17, 15) is 13.2 Å². The molecule has 158 valence electrons. The van der Waals surface area contributed by atoms with Gasteiger partial charge >= 0.3 is 0 Å². The Bertz CT molecular complexity index is 1260. The lowest BCUT2D eigenvalue weighted by Crippen LogP contribution is -2.38. The van der Waals surface area contributed by atoms with Crippen molar-refractivity contribution in [1.82, 2.24) is 0 Å². The fourth-order valence-electron chi connectivity index (χ4n) is 4.34. The van der Waals surface area contributed by atoms with Crippen molar-refractivity contribution in [2.45, 2.75) is 24.3 Å². The highest BCUT2D eigenvalue weighted by Crippen LogP contribution is 2.38. The lowest BCUT2D eigenvalue weighted by Gasteiger charge is -2.29. The Labute approximate surface area is 181 Å². The van der Waals surface area contributed by atoms with Gasteiger partial charge in [0.25, 0.3) is 15.9 Å². The maximum absolute atomic E-state index is 13.3. The maximum Gasteiger partial charge on any atom is 0.264 e. The van der Waals surface area contributed by atoms with Gasteiger partial charge in [-0.05, 0) is 61.4 Å². The highest BCUT2D eigenvalue weighted by atomic mass is 32.2. The first-order valence-electron chi connectivity index (χ1n) is 10.2. The van der Waals surface area contributed by atoms with Gasteiger partial charge in [0.1, 0.15) is 12.4 Å². The molecule has 0 aromatic heterocycles. The van der Waals surface area contributed by atoms with Crippen LogP contribution in [0.4, 0.5) is 11.4 Å². The van der Waals surface area contributed by atoms with Crippen molar-refractivity contribution in [1.29, 1.82) is 0 Å². The van der Waals surface area contributed by atoms with E-state index >= 15 is 0 Å². The quantitative estimate of drug-likeness (QED) is 0.628. The monoisotopic (exact) mass is 434 g/mol. The van der Waals surface area contributed by atoms with Gasteiger partial charge in [0.2, 0.25) is 0 Å². The molecule has 0 N–H and O–H groups in total. The van der Waals surface area contributed by atoms with Crippen LogP contribution >= 0.6 is 0 Å². The summed E-state index contributed by atoms with van der Waals surface area (Å²) in [5.41, 5.74) is 2.79. The number of hydrogen-bond donors (Lipinski definition) is 0. The molecule has 2 heterocycles. The first-order valence-corrected chi connectivity index (χ1v) is 11.7. The topological polar surface area (TPSA) is 66.9 Å². The fourth-order valence-corrected chi connectivity index (χ4v) is 6.06. The standard InChI is InChI=1S/C24H22N2O4S/c1-17-15-19-16-18(24(27)25-13-14-30-23-10-6-5-9-22(23)25)11-12-21(19)26(17)31(28,29)20-7-3-2-4-8-20/h2-12,16-17H,13-15H2,1H3. The second-order valence-electron chi connectivity index (χ2n) is 7.78. The van der Waals surface area contributed by atoms with Crippen LogP contribution in [0.1, 0.15) is 22.8 Å². The van der Waals surface area contributed by atoms with Crippen LogP contribution in [-0.2, 0) is 16.4 Å². The molecule has 2 aliphatic rings. The molecule has 7 heteroatoms. The minimum atomic E-state index is -3.67. The number of carbonyl (C=O) groups excluding carboxylic acids is 1. The molecule has 1 atom stereocenters. The Morgan fingerprint density at radius 2 is 1.71 bits per heavy atom. The first-order chi connectivity index (χ1) is 15.0. The average molecular weight is 435 g/mol. The van der Waals surface area contributed by atoms with E-state index in [-0.39, 0.29) is 16.8 Å². The van der Waals surface area contributed by atoms with Gasteiger partial charge in [-0.2, -0.15) is 0 Å². The Morgan fingerprint density at radius 1 is 0.968 bits per heavy atom. The summed E-state index contributed by atoms with van der Waals surface area (Å²) in [4.78, 5) is 15.3. The van der Waals surface area contributed by atoms with Crippen LogP contribution in [0, 0.1) is 0 Å². The number of anilines is 2. The van der Waals surface area contributed by atoms with Crippen LogP contribution < -0.4 is 13.9 Å². The first kappa shape index (κ1) is 19.6. The van der Waals surface area contributed by atoms with E-state index in [2.05, 4.69) is 0 Å². The van der Waals surface area contributed by atoms with Gasteiger partial charge in [0.05, 0.1) is 22.8 Å². The third-order valence-corrected chi connectivity index (χ3v) is 7.70. The summed E-state index contributed by atoms with van der Waals surface area (Å²) in [5, 5.41) is 0. The Morgan fingerprint density at radius 3 is 2.52 bits per heavy atom. The number of fused-ring (bicyclic) bond motifs is 2. The number of amides is 1. The lowest BCUT2D eigenvalue weighted by atomic mass is 10.1. The molecule has 0 fully saturated rings. The summed E-state index contributed by atoms with van der Waals surface area (Å²) in [6.45, 7) is 2.80. The Balaban J connectivity index is 1.49. The molecule has 0 bridgehead atoms. The predicted octanol–water partition coefficient (Wildman–Crippen LogP) is 3.87. The normalized spacial score (nSPS) is 17.6. The number of carbonyl (C=O) groups is 1. The van der Waals surface area contributed by atoms with Crippen molar-refractivity contribution in [2.75, 3.05) is 22.4 Å². The highest BCUT2D eigenvalue weighted by Gasteiger charge is 2.36. The van der Waals surface area contributed by atoms with Crippen molar-refractivity contribution >= 4 is 27.3 Å². The Kier molecular flexibility index (Phi) is 4.70. The molecule has 1 amide bonds. The number of sulfonamides is 1. The molecule has 31 heavy (non-hydrogen) atoms. The lowest BCUT2D eigenvalue weighted by molar-refractivity contribution is 0.0976. The minimum Gasteiger partial charge on any atom is -0.490 e. The maximum atomic E-state index is 13.3. The van der Waals surface area contributed by atoms with Gasteiger partial charge in [0, 0.05) is 11.6 Å². The smallest absolute Gasteiger partial charge is 0.264 e. The van der Waals surface area contributed by atoms with Gasteiger partial charge in [-0.1, -0.05) is 30.3 Å². The SMILES string of the molecule is CC1Cc2cc(C(=O)N3CCOc4ccccc43)ccc2N1S(=O)(=O)c1ccccc1. The van der Waals surface area contributed by atoms with E-state index in [1.165, 1.54) is 4.31 Å². The average Bonchev–Trinajstić information content (AvgIpc) is 3.14. The van der Waals surface area contributed by atoms with Crippen molar-refractivity contribution in [3.05, 3.63) is 83.9 Å². The number of para-hydroxylation sites is 2. The van der Waals surface area contributed by atoms with E-state index < -0.39 is 10.0 Å². The van der Waals surface area contributed by atoms with Crippen molar-refractivity contribution in [3.63, 3.8) is 0 Å². The second-order valence-corrected chi connectivity index (χ2v) is 9.60. The molecule has 6 nitrogen and oxygen atoms in total. The van der Waals surface area contributed by atoms with E-state index in [0.29, 0.717) is 36.6 Å². The predicted molar refractivity (Wildman–Crippen MR) is 119 cm³/mol. The molecule has 0 radical (unpaired) electrons. The van der Waals surface area contributed by atoms with Crippen LogP contribution in [0.3, 0.4) is 0 Å². The number of hydrogen-bond acceptors (Lipinski definition) is 4. The molecular formula is C24H22N2O4S. The Hall–Kier alpha value is -3.32. The van der Waals surface area contributed by atoms with Gasteiger partial charge in [-0.15, -0.1) is 0 Å². The molecule has 0 saturated carbocycles. The zero-order valence-electron chi connectivity index (χ0n) is 17.1. The van der Waals surface area contributed by atoms with Crippen LogP contribution in [0.5, 0.6) is 5.75 Å². The zero-order chi connectivity index (χ0) is 21.6. The van der Waals surface area contributed by atoms with Crippen LogP contribution in [0.2, 0.25) is 0 Å². The third kappa shape index (κ3) is 3.25. The summed E-state index contributed by atoms with van der Waals surface area (Å²) in [6, 6.07) is 21.0. The van der Waals surface area contributed by atoms with Crippen LogP contribution in [-0.4, -0.2) is 33.5 Å². The van der Waals surface area contributed by atoms with Crippen LogP contribution in [0.15, 0.2) is 77.7 Å². The summed E-state index contributed by atoms with van der Waals surface area (Å²) >= 11 is 0. The molecule has 0 saturated heterocycles. The molecule has 2 aliphatic heterocycles. The van der Waals surface area contributed by atoms with Gasteiger partial charge in [-0.25, -0.2) is 8.42 Å². The van der Waals surface area contributed by atoms with Gasteiger partial charge < -0.3 is 9.64 Å². The van der Waals surface area contributed by atoms with E-state index in [4.69, 9.17) is 4.74 Å². The van der Waals surface area contributed by atoms with E-state index in [0.717, 1.165) is 11.3 Å². The second kappa shape index (κ2) is 7.42. The third-order valence-electron chi connectivity index (χ3n) is 5.75. The summed E-state index contributed by atoms with van der Waals surface area (Å²) < 4.78 is 33.6. The van der Waals surface area contributed by atoms with Gasteiger partial charge in [-0.3, -0.25) is 9.10 Å². The molecule has 5 rings (SSSR count). The molecule has 3 aromatic carbocycles. The number of ether oxygens (including phenoxy) is 1. The van der Waals surface area contributed by atoms with Gasteiger partial charge in [0.15, 0.2) is 0 Å². The van der Waals surface area contributed by atoms with E-state index in [1.807, 2.05) is 37.3 Å². The van der Waals surface area contributed by atoms with E-state index in [1.54, 1.807) is 47.4 Å². The summed E-state index contributed by atoms with van der Waals surface area (Å²) in [7, 11) is -3.67. The highest BCUT2D eigenvalue weighted by molar-refractivity contribution is 7.92. The fraction of sp³-hybridized carbons (Fsp3) is 0.208. The van der Waals surface area contributed by atoms with Crippen LogP contribution in [0.25, 0.3) is 0 Å². The molecule has 0 aliphatic carbocycles. The largest absolute Gasteiger partial charge is 0.490 e. The zero-order valence-corrected chi connectivity index (χ0v) is 17.9. The summed E-state index contributed by atoms with van der Waals surface area (Å²) in [6.07, 6.45) is 0.558. The number of rotatable bonds is 3. The van der Waals surface area contributed by atoms with Crippen molar-refractivity contribution in [3.8, 4) is 5.75 Å². The molecular weight excluding hydrogens is 412 g/mol. The number of benzene rings is 3. The molecule has 3 aromatic rings. The minimum absolute atomic E-state index is 0.115.